The van der Waals surface area contributed by atoms with Gasteiger partial charge in [0.05, 0.1) is 11.9 Å². The molecule has 25 heavy (non-hydrogen) atoms. The zero-order valence-corrected chi connectivity index (χ0v) is 15.3. The van der Waals surface area contributed by atoms with E-state index in [0.717, 1.165) is 24.6 Å². The van der Waals surface area contributed by atoms with Crippen molar-refractivity contribution in [2.45, 2.75) is 33.7 Å². The van der Waals surface area contributed by atoms with E-state index in [1.807, 2.05) is 38.1 Å². The summed E-state index contributed by atoms with van der Waals surface area (Å²) in [7, 11) is 0. The number of rotatable bonds is 7. The first-order chi connectivity index (χ1) is 12.0. The van der Waals surface area contributed by atoms with Crippen LogP contribution in [0.3, 0.4) is 0 Å². The zero-order valence-electron chi connectivity index (χ0n) is 15.3. The predicted octanol–water partition coefficient (Wildman–Crippen LogP) is 4.20. The van der Waals surface area contributed by atoms with Crippen molar-refractivity contribution in [3.05, 3.63) is 42.6 Å². The molecular formula is C19H27N5O. The molecule has 1 aromatic heterocycles. The monoisotopic (exact) mass is 341 g/mol. The van der Waals surface area contributed by atoms with Crippen LogP contribution in [-0.2, 0) is 0 Å². The SMILES string of the molecule is CCN(CC)c1ccc(Nc2ccc(NC(=O)NC(C)C)cn2)cc1. The fourth-order valence-electron chi connectivity index (χ4n) is 2.46. The van der Waals surface area contributed by atoms with Gasteiger partial charge in [-0.25, -0.2) is 9.78 Å². The maximum Gasteiger partial charge on any atom is 0.319 e. The van der Waals surface area contributed by atoms with E-state index >= 15 is 0 Å². The number of nitrogens with zero attached hydrogens (tertiary/aromatic N) is 2. The average molecular weight is 341 g/mol. The second kappa shape index (κ2) is 8.92. The lowest BCUT2D eigenvalue weighted by molar-refractivity contribution is 0.250. The van der Waals surface area contributed by atoms with Crippen LogP contribution in [0.1, 0.15) is 27.7 Å². The van der Waals surface area contributed by atoms with Crippen LogP contribution in [0.5, 0.6) is 0 Å². The molecule has 0 radical (unpaired) electrons. The fraction of sp³-hybridized carbons (Fsp3) is 0.368. The Morgan fingerprint density at radius 2 is 1.68 bits per heavy atom. The minimum Gasteiger partial charge on any atom is -0.372 e. The molecule has 2 rings (SSSR count). The summed E-state index contributed by atoms with van der Waals surface area (Å²) in [6.45, 7) is 10.1. The molecule has 0 atom stereocenters. The van der Waals surface area contributed by atoms with Gasteiger partial charge < -0.3 is 20.9 Å². The maximum absolute atomic E-state index is 11.7. The molecule has 0 spiro atoms. The lowest BCUT2D eigenvalue weighted by atomic mass is 10.2. The third-order valence-corrected chi connectivity index (χ3v) is 3.71. The normalized spacial score (nSPS) is 10.4. The Labute approximate surface area is 149 Å². The quantitative estimate of drug-likeness (QED) is 0.706. The molecule has 3 N–H and O–H groups in total. The molecule has 0 bridgehead atoms. The predicted molar refractivity (Wildman–Crippen MR) is 105 cm³/mol. The fourth-order valence-corrected chi connectivity index (χ4v) is 2.46. The van der Waals surface area contributed by atoms with E-state index in [-0.39, 0.29) is 12.1 Å². The molecule has 0 aliphatic carbocycles. The molecule has 6 nitrogen and oxygen atoms in total. The Morgan fingerprint density at radius 3 is 2.20 bits per heavy atom. The highest BCUT2D eigenvalue weighted by Crippen LogP contribution is 2.20. The molecule has 2 aromatic rings. The van der Waals surface area contributed by atoms with Crippen molar-refractivity contribution in [2.24, 2.45) is 0 Å². The van der Waals surface area contributed by atoms with Crippen molar-refractivity contribution < 1.29 is 4.79 Å². The van der Waals surface area contributed by atoms with Crippen molar-refractivity contribution >= 4 is 28.9 Å². The van der Waals surface area contributed by atoms with Crippen molar-refractivity contribution in [3.63, 3.8) is 0 Å². The van der Waals surface area contributed by atoms with Crippen molar-refractivity contribution in [1.82, 2.24) is 10.3 Å². The summed E-state index contributed by atoms with van der Waals surface area (Å²) in [4.78, 5) is 18.3. The maximum atomic E-state index is 11.7. The Morgan fingerprint density at radius 1 is 1.04 bits per heavy atom. The Kier molecular flexibility index (Phi) is 6.62. The molecule has 0 fully saturated rings. The standard InChI is InChI=1S/C19H27N5O/c1-5-24(6-2)17-10-7-15(8-11-17)22-18-12-9-16(13-20-18)23-19(25)21-14(3)4/h7-14H,5-6H2,1-4H3,(H,20,22)(H2,21,23,25). The number of nitrogens with one attached hydrogen (secondary N) is 3. The van der Waals surface area contributed by atoms with Crippen LogP contribution in [0.2, 0.25) is 0 Å². The highest BCUT2D eigenvalue weighted by Gasteiger charge is 2.05. The summed E-state index contributed by atoms with van der Waals surface area (Å²) in [5, 5.41) is 8.78. The zero-order chi connectivity index (χ0) is 18.2. The van der Waals surface area contributed by atoms with Gasteiger partial charge in [0.15, 0.2) is 0 Å². The number of benzene rings is 1. The minimum absolute atomic E-state index is 0.0909. The number of carbonyl (C=O) groups is 1. The van der Waals surface area contributed by atoms with Gasteiger partial charge in [0, 0.05) is 30.5 Å². The smallest absolute Gasteiger partial charge is 0.319 e. The number of aromatic nitrogens is 1. The first-order valence-electron chi connectivity index (χ1n) is 8.67. The summed E-state index contributed by atoms with van der Waals surface area (Å²) in [6.07, 6.45) is 1.63. The second-order valence-electron chi connectivity index (χ2n) is 6.03. The number of hydrogen-bond donors (Lipinski definition) is 3. The van der Waals surface area contributed by atoms with E-state index in [9.17, 15) is 4.79 Å². The summed E-state index contributed by atoms with van der Waals surface area (Å²) >= 11 is 0. The van der Waals surface area contributed by atoms with Gasteiger partial charge in [-0.1, -0.05) is 0 Å². The lowest BCUT2D eigenvalue weighted by Crippen LogP contribution is -2.34. The number of hydrogen-bond acceptors (Lipinski definition) is 4. The molecule has 0 aliphatic heterocycles. The Balaban J connectivity index is 1.95. The van der Waals surface area contributed by atoms with E-state index < -0.39 is 0 Å². The van der Waals surface area contributed by atoms with Gasteiger partial charge in [0.1, 0.15) is 5.82 Å². The van der Waals surface area contributed by atoms with E-state index in [1.54, 1.807) is 6.20 Å². The molecular weight excluding hydrogens is 314 g/mol. The van der Waals surface area contributed by atoms with Crippen molar-refractivity contribution in [3.8, 4) is 0 Å². The Bertz CT molecular complexity index is 663. The second-order valence-corrected chi connectivity index (χ2v) is 6.03. The molecule has 134 valence electrons. The van der Waals surface area contributed by atoms with Gasteiger partial charge in [-0.2, -0.15) is 0 Å². The average Bonchev–Trinajstić information content (AvgIpc) is 2.58. The van der Waals surface area contributed by atoms with Crippen LogP contribution in [-0.4, -0.2) is 30.1 Å². The number of amides is 2. The van der Waals surface area contributed by atoms with Crippen molar-refractivity contribution in [1.29, 1.82) is 0 Å². The molecule has 2 amide bonds. The highest BCUT2D eigenvalue weighted by molar-refractivity contribution is 5.89. The summed E-state index contributed by atoms with van der Waals surface area (Å²) in [6, 6.07) is 11.8. The van der Waals surface area contributed by atoms with Crippen molar-refractivity contribution in [2.75, 3.05) is 28.6 Å². The minimum atomic E-state index is -0.232. The van der Waals surface area contributed by atoms with Crippen LogP contribution in [0.4, 0.5) is 27.7 Å². The molecule has 0 unspecified atom stereocenters. The Hall–Kier alpha value is -2.76. The third-order valence-electron chi connectivity index (χ3n) is 3.71. The van der Waals surface area contributed by atoms with Crippen LogP contribution in [0, 0.1) is 0 Å². The molecule has 1 aromatic carbocycles. The van der Waals surface area contributed by atoms with E-state index in [2.05, 4.69) is 51.8 Å². The molecule has 0 aliphatic rings. The lowest BCUT2D eigenvalue weighted by Gasteiger charge is -2.21. The highest BCUT2D eigenvalue weighted by atomic mass is 16.2. The van der Waals surface area contributed by atoms with Gasteiger partial charge >= 0.3 is 6.03 Å². The van der Waals surface area contributed by atoms with Gasteiger partial charge in [-0.05, 0) is 64.1 Å². The number of urea groups is 1. The summed E-state index contributed by atoms with van der Waals surface area (Å²) < 4.78 is 0. The summed E-state index contributed by atoms with van der Waals surface area (Å²) in [5.41, 5.74) is 2.83. The van der Waals surface area contributed by atoms with E-state index in [0.29, 0.717) is 5.69 Å². The number of anilines is 4. The van der Waals surface area contributed by atoms with Gasteiger partial charge in [-0.15, -0.1) is 0 Å². The number of pyridine rings is 1. The van der Waals surface area contributed by atoms with E-state index in [1.165, 1.54) is 5.69 Å². The summed E-state index contributed by atoms with van der Waals surface area (Å²) in [5.74, 6) is 0.727. The molecule has 0 saturated heterocycles. The molecule has 0 saturated carbocycles. The van der Waals surface area contributed by atoms with Crippen LogP contribution < -0.4 is 20.9 Å². The van der Waals surface area contributed by atoms with Crippen LogP contribution in [0.15, 0.2) is 42.6 Å². The number of carbonyl (C=O) groups excluding carboxylic acids is 1. The first-order valence-corrected chi connectivity index (χ1v) is 8.67. The first kappa shape index (κ1) is 18.6. The van der Waals surface area contributed by atoms with Gasteiger partial charge in [0.25, 0.3) is 0 Å². The van der Waals surface area contributed by atoms with Crippen LogP contribution in [0.25, 0.3) is 0 Å². The third kappa shape index (κ3) is 5.67. The topological polar surface area (TPSA) is 69.3 Å². The van der Waals surface area contributed by atoms with Crippen LogP contribution >= 0.6 is 0 Å². The van der Waals surface area contributed by atoms with E-state index in [4.69, 9.17) is 0 Å². The molecule has 1 heterocycles. The van der Waals surface area contributed by atoms with Gasteiger partial charge in [-0.3, -0.25) is 0 Å². The molecule has 6 heteroatoms. The van der Waals surface area contributed by atoms with Gasteiger partial charge in [0.2, 0.25) is 0 Å². The largest absolute Gasteiger partial charge is 0.372 e.